The van der Waals surface area contributed by atoms with Gasteiger partial charge in [0.25, 0.3) is 0 Å². The average Bonchev–Trinajstić information content (AvgIpc) is 0.883. The number of hydrogen-bond acceptors (Lipinski definition) is 3. The van der Waals surface area contributed by atoms with Gasteiger partial charge in [-0.1, -0.05) is 281 Å². The Kier molecular flexibility index (Phi) is 17.7. The second-order valence-electron chi connectivity index (χ2n) is 38.3. The van der Waals surface area contributed by atoms with Gasteiger partial charge in [0.1, 0.15) is 0 Å². The Bertz CT molecular complexity index is 6730. The third-order valence-electron chi connectivity index (χ3n) is 27.9. The molecule has 0 amide bonds. The van der Waals surface area contributed by atoms with E-state index in [-0.39, 0.29) is 34.1 Å². The molecule has 6 heteroatoms. The number of rotatable bonds is 11. The van der Waals surface area contributed by atoms with Gasteiger partial charge in [-0.15, -0.1) is 0 Å². The van der Waals surface area contributed by atoms with E-state index in [1.807, 2.05) is 0 Å². The van der Waals surface area contributed by atoms with Gasteiger partial charge in [0.15, 0.2) is 0 Å². The summed E-state index contributed by atoms with van der Waals surface area (Å²) in [6.07, 6.45) is 64.9. The molecule has 8 aliphatic carbocycles. The number of para-hydroxylation sites is 4. The van der Waals surface area contributed by atoms with Crippen LogP contribution in [0.5, 0.6) is 0 Å². The van der Waals surface area contributed by atoms with Crippen LogP contribution in [-0.4, -0.2) is 19.7 Å². The summed E-state index contributed by atoms with van der Waals surface area (Å²) in [4.78, 5) is 8.59. The lowest BCUT2D eigenvalue weighted by Crippen LogP contribution is -2.45. The number of aromatic nitrogens is 3. The monoisotopic (exact) mass is 1560 g/mol. The zero-order valence-electron chi connectivity index (χ0n) is 70.9. The number of benzene rings is 9. The summed E-state index contributed by atoms with van der Waals surface area (Å²) in [5.41, 5.74) is 34.9. The predicted octanol–water partition coefficient (Wildman–Crippen LogP) is 30.8. The smallest absolute Gasteiger partial charge is 0.0946 e. The van der Waals surface area contributed by atoms with Crippen molar-refractivity contribution >= 4 is 105 Å². The highest BCUT2D eigenvalue weighted by Crippen LogP contribution is 2.66. The summed E-state index contributed by atoms with van der Waals surface area (Å²) in [5.74, 6) is 0.738. The molecule has 5 unspecified atom stereocenters. The van der Waals surface area contributed by atoms with Crippen LogP contribution in [0.15, 0.2) is 372 Å². The fourth-order valence-electron chi connectivity index (χ4n) is 21.8. The molecule has 0 spiro atoms. The van der Waals surface area contributed by atoms with Gasteiger partial charge in [-0.2, -0.15) is 0 Å². The van der Waals surface area contributed by atoms with Gasteiger partial charge in [0, 0.05) is 55.5 Å². The van der Waals surface area contributed by atoms with Crippen LogP contribution in [0.2, 0.25) is 0 Å². The van der Waals surface area contributed by atoms with Crippen LogP contribution in [0.4, 0.5) is 39.8 Å². The molecule has 120 heavy (non-hydrogen) atoms. The standard InChI is InChI=1S/C114H106N6/c1-112(2,3)81-55-59-101-95(65-81)96-66-82(113(4,5)6)56-60-102(96)117(101)86-71-107-111-108(72-86)120(110-93(75-37-18-12-19-38-75)67-83(114(7,8)9)68-94(110)76-39-20-13-21-40-76)106-70-85(116-99-53-28-24-47-91(99)92-48-25-29-54-100(92)116)58-62-104(106)118(111)103-61-57-84(115-97-51-26-22-45-89(97)90-46-23-27-52-98(90)115)69-105(103)119(107)109-87(79-43-30-41-77(63-79)73-33-14-10-15-34-73)49-32-50-88(109)80-44-31-42-78(64-80)74-35-16-11-17-36-74/h10-12,14-16,18,20,22-31,33,35,37,39-48,50-62,65-73,77,80,94,110H,13,17,19,21,32,34,36,38,49,63-64H2,1-9H3. The number of hydrogen-bond donors (Lipinski definition) is 0. The van der Waals surface area contributed by atoms with Crippen molar-refractivity contribution in [3.63, 3.8) is 0 Å². The molecule has 5 atom stereocenters. The zero-order chi connectivity index (χ0) is 81.0. The SMILES string of the molecule is CC(C)(C)C1=CC(C2=CCCC=C2)C(N2c3cc(-n4c5ccccc5c5ccccc54)ccc3N3c4ccc(-n5c6ccccc6c6ccccc65)cc4N(C4=C(C5=CC=CC(C6C=CC=CC6)C5)CCC=C4C4C=CC=C(C5=CC=CCC5)C4)c4cc(-n5c6ccc(C(C)(C)C)cc6c6cc(C(C)(C)C)ccc65)cc2c43)C(C2=CC=CCC2)=C1. The van der Waals surface area contributed by atoms with E-state index in [1.54, 1.807) is 0 Å². The number of anilines is 7. The fourth-order valence-corrected chi connectivity index (χ4v) is 21.8. The Morgan fingerprint density at radius 2 is 0.908 bits per heavy atom. The maximum absolute atomic E-state index is 2.94. The molecule has 2 aliphatic heterocycles. The highest BCUT2D eigenvalue weighted by molar-refractivity contribution is 6.16. The molecule has 3 aromatic heterocycles. The first-order chi connectivity index (χ1) is 58.4. The molecule has 0 N–H and O–H groups in total. The third kappa shape index (κ3) is 12.2. The minimum absolute atomic E-state index is 0.0650. The normalized spacial score (nSPS) is 21.0. The lowest BCUT2D eigenvalue weighted by atomic mass is 9.70. The first-order valence-electron chi connectivity index (χ1n) is 44.4. The Morgan fingerprint density at radius 3 is 1.49 bits per heavy atom. The van der Waals surface area contributed by atoms with E-state index >= 15 is 0 Å². The van der Waals surface area contributed by atoms with Crippen molar-refractivity contribution in [2.24, 2.45) is 29.1 Å². The molecule has 12 aromatic rings. The molecule has 0 bridgehead atoms. The first kappa shape index (κ1) is 74.0. The van der Waals surface area contributed by atoms with Crippen molar-refractivity contribution in [3.8, 4) is 17.1 Å². The van der Waals surface area contributed by atoms with E-state index in [1.165, 1.54) is 144 Å². The second kappa shape index (κ2) is 28.7. The van der Waals surface area contributed by atoms with Crippen molar-refractivity contribution in [2.75, 3.05) is 14.7 Å². The number of nitrogens with zero attached hydrogens (tertiary/aromatic N) is 6. The van der Waals surface area contributed by atoms with Gasteiger partial charge in [-0.3, -0.25) is 0 Å². The van der Waals surface area contributed by atoms with Gasteiger partial charge in [0.2, 0.25) is 0 Å². The molecule has 5 heterocycles. The molecular weight excluding hydrogens is 1450 g/mol. The molecule has 22 rings (SSSR count). The van der Waals surface area contributed by atoms with Crippen molar-refractivity contribution in [1.29, 1.82) is 0 Å². The van der Waals surface area contributed by atoms with Crippen LogP contribution in [0.25, 0.3) is 82.5 Å². The van der Waals surface area contributed by atoms with Gasteiger partial charge >= 0.3 is 0 Å². The van der Waals surface area contributed by atoms with E-state index in [9.17, 15) is 0 Å². The lowest BCUT2D eigenvalue weighted by Gasteiger charge is -2.52. The van der Waals surface area contributed by atoms with Gasteiger partial charge < -0.3 is 28.4 Å². The summed E-state index contributed by atoms with van der Waals surface area (Å²) in [7, 11) is 0. The largest absolute Gasteiger partial charge is 0.329 e. The Balaban J connectivity index is 0.912. The van der Waals surface area contributed by atoms with E-state index in [2.05, 4.69) is 406 Å². The van der Waals surface area contributed by atoms with E-state index in [0.717, 1.165) is 116 Å². The van der Waals surface area contributed by atoms with Crippen molar-refractivity contribution in [2.45, 2.75) is 150 Å². The topological polar surface area (TPSA) is 24.5 Å². The van der Waals surface area contributed by atoms with Crippen LogP contribution in [0.3, 0.4) is 0 Å². The van der Waals surface area contributed by atoms with Gasteiger partial charge in [0.05, 0.1) is 90.3 Å². The average molecular weight is 1560 g/mol. The molecule has 9 aromatic carbocycles. The maximum atomic E-state index is 2.94. The summed E-state index contributed by atoms with van der Waals surface area (Å²) in [6, 6.07) is 71.5. The fraction of sp³-hybridized carbons (Fsp3) is 0.246. The highest BCUT2D eigenvalue weighted by Gasteiger charge is 2.48. The van der Waals surface area contributed by atoms with Crippen LogP contribution < -0.4 is 14.7 Å². The Morgan fingerprint density at radius 1 is 0.358 bits per heavy atom. The number of fused-ring (bicyclic) bond motifs is 13. The van der Waals surface area contributed by atoms with Crippen molar-refractivity contribution in [3.05, 3.63) is 383 Å². The minimum Gasteiger partial charge on any atom is -0.329 e. The molecular formula is C114H106N6. The Hall–Kier alpha value is -12.4. The molecule has 0 saturated heterocycles. The molecule has 0 saturated carbocycles. The number of allylic oxidation sites excluding steroid dienone is 27. The van der Waals surface area contributed by atoms with Crippen LogP contribution in [0, 0.1) is 29.1 Å². The summed E-state index contributed by atoms with van der Waals surface area (Å²) < 4.78 is 7.81. The van der Waals surface area contributed by atoms with Crippen LogP contribution in [0.1, 0.15) is 144 Å². The lowest BCUT2D eigenvalue weighted by molar-refractivity contribution is 0.468. The van der Waals surface area contributed by atoms with Crippen molar-refractivity contribution < 1.29 is 0 Å². The molecule has 0 radical (unpaired) electrons. The van der Waals surface area contributed by atoms with Gasteiger partial charge in [-0.25, -0.2) is 0 Å². The summed E-state index contributed by atoms with van der Waals surface area (Å²) >= 11 is 0. The molecule has 6 nitrogen and oxygen atoms in total. The highest BCUT2D eigenvalue weighted by atomic mass is 15.4. The molecule has 10 aliphatic rings. The molecule has 0 fully saturated rings. The van der Waals surface area contributed by atoms with Crippen LogP contribution in [-0.2, 0) is 10.8 Å². The first-order valence-corrected chi connectivity index (χ1v) is 44.4. The summed E-state index contributed by atoms with van der Waals surface area (Å²) in [6.45, 7) is 21.5. The van der Waals surface area contributed by atoms with E-state index in [0.29, 0.717) is 11.8 Å². The van der Waals surface area contributed by atoms with Crippen molar-refractivity contribution in [1.82, 2.24) is 13.7 Å². The predicted molar refractivity (Wildman–Crippen MR) is 509 cm³/mol. The molecule has 592 valence electrons. The van der Waals surface area contributed by atoms with E-state index in [4.69, 9.17) is 0 Å². The zero-order valence-corrected chi connectivity index (χ0v) is 70.9. The quantitative estimate of drug-likeness (QED) is 0.129. The maximum Gasteiger partial charge on any atom is 0.0946 e. The van der Waals surface area contributed by atoms with Crippen LogP contribution >= 0.6 is 0 Å². The third-order valence-corrected chi connectivity index (χ3v) is 27.9. The summed E-state index contributed by atoms with van der Waals surface area (Å²) in [5, 5.41) is 7.52. The second-order valence-corrected chi connectivity index (χ2v) is 38.3. The minimum atomic E-state index is -0.230. The Labute approximate surface area is 707 Å². The van der Waals surface area contributed by atoms with E-state index < -0.39 is 0 Å². The van der Waals surface area contributed by atoms with Gasteiger partial charge in [-0.05, 0) is 257 Å².